The summed E-state index contributed by atoms with van der Waals surface area (Å²) in [5.74, 6) is -0.325. The van der Waals surface area contributed by atoms with Gasteiger partial charge in [0.25, 0.3) is 0 Å². The maximum atomic E-state index is 14.0. The molecule has 0 bridgehead atoms. The number of aromatic nitrogens is 2. The van der Waals surface area contributed by atoms with E-state index < -0.39 is 5.60 Å². The number of carbonyl (C=O) groups excluding carboxylic acids is 2. The van der Waals surface area contributed by atoms with Crippen LogP contribution in [0.1, 0.15) is 25.7 Å². The highest BCUT2D eigenvalue weighted by atomic mass is 19.1. The lowest BCUT2D eigenvalue weighted by Crippen LogP contribution is -2.41. The number of anilines is 2. The van der Waals surface area contributed by atoms with E-state index >= 15 is 0 Å². The van der Waals surface area contributed by atoms with E-state index in [0.29, 0.717) is 43.7 Å². The zero-order chi connectivity index (χ0) is 22.1. The molecule has 1 saturated heterocycles. The number of hydrogen-bond acceptors (Lipinski definition) is 4. The number of para-hydroxylation sites is 2. The highest BCUT2D eigenvalue weighted by Crippen LogP contribution is 2.41. The van der Waals surface area contributed by atoms with E-state index in [-0.39, 0.29) is 23.7 Å². The van der Waals surface area contributed by atoms with E-state index in [0.717, 1.165) is 5.69 Å². The molecule has 32 heavy (non-hydrogen) atoms. The lowest BCUT2D eigenvalue weighted by Gasteiger charge is -2.34. The van der Waals surface area contributed by atoms with Crippen LogP contribution in [0.15, 0.2) is 66.9 Å². The third-order valence-corrected chi connectivity index (χ3v) is 6.25. The Hall–Kier alpha value is -3.68. The molecule has 2 aromatic carbocycles. The molecule has 0 atom stereocenters. The van der Waals surface area contributed by atoms with Crippen molar-refractivity contribution in [2.24, 2.45) is 5.92 Å². The van der Waals surface area contributed by atoms with E-state index in [2.05, 4.69) is 10.4 Å². The predicted octanol–water partition coefficient (Wildman–Crippen LogP) is 4.54. The van der Waals surface area contributed by atoms with Crippen LogP contribution in [-0.2, 0) is 9.53 Å². The lowest BCUT2D eigenvalue weighted by molar-refractivity contribution is -0.122. The van der Waals surface area contributed by atoms with Gasteiger partial charge in [-0.3, -0.25) is 9.69 Å². The first-order valence-corrected chi connectivity index (χ1v) is 10.7. The van der Waals surface area contributed by atoms with Gasteiger partial charge in [-0.15, -0.1) is 5.10 Å². The number of halogens is 1. The van der Waals surface area contributed by atoms with Crippen molar-refractivity contribution >= 4 is 23.5 Å². The maximum absolute atomic E-state index is 14.0. The van der Waals surface area contributed by atoms with Gasteiger partial charge in [0.2, 0.25) is 5.91 Å². The first kappa shape index (κ1) is 20.2. The van der Waals surface area contributed by atoms with Crippen LogP contribution in [-0.4, -0.2) is 33.9 Å². The van der Waals surface area contributed by atoms with Crippen molar-refractivity contribution in [2.45, 2.75) is 31.3 Å². The molecule has 0 unspecified atom stereocenters. The Morgan fingerprint density at radius 1 is 1.06 bits per heavy atom. The molecular formula is C24H23FN4O3. The Bertz CT molecular complexity index is 1140. The summed E-state index contributed by atoms with van der Waals surface area (Å²) in [4.78, 5) is 26.9. The molecule has 1 saturated carbocycles. The summed E-state index contributed by atoms with van der Waals surface area (Å²) in [6.07, 6.45) is 3.77. The number of amides is 2. The van der Waals surface area contributed by atoms with Crippen molar-refractivity contribution in [3.05, 3.63) is 72.7 Å². The smallest absolute Gasteiger partial charge is 0.415 e. The number of ether oxygens (including phenoxy) is 1. The van der Waals surface area contributed by atoms with Crippen molar-refractivity contribution in [3.8, 4) is 5.69 Å². The Morgan fingerprint density at radius 2 is 1.78 bits per heavy atom. The largest absolute Gasteiger partial charge is 0.441 e. The highest BCUT2D eigenvalue weighted by molar-refractivity contribution is 5.92. The molecule has 5 rings (SSSR count). The average Bonchev–Trinajstić information content (AvgIpc) is 3.39. The Labute approximate surface area is 184 Å². The molecule has 1 aromatic heterocycles. The van der Waals surface area contributed by atoms with Crippen LogP contribution in [0.5, 0.6) is 0 Å². The van der Waals surface area contributed by atoms with E-state index in [1.165, 1.54) is 10.7 Å². The zero-order valence-corrected chi connectivity index (χ0v) is 17.4. The second kappa shape index (κ2) is 8.11. The molecule has 164 valence electrons. The van der Waals surface area contributed by atoms with Gasteiger partial charge in [-0.2, -0.15) is 0 Å². The van der Waals surface area contributed by atoms with Crippen LogP contribution in [0.4, 0.5) is 20.7 Å². The molecule has 2 heterocycles. The Morgan fingerprint density at radius 3 is 2.53 bits per heavy atom. The van der Waals surface area contributed by atoms with Gasteiger partial charge in [-0.25, -0.2) is 13.9 Å². The summed E-state index contributed by atoms with van der Waals surface area (Å²) in [7, 11) is 0. The zero-order valence-electron chi connectivity index (χ0n) is 17.4. The van der Waals surface area contributed by atoms with Gasteiger partial charge in [0.1, 0.15) is 17.1 Å². The molecule has 1 aliphatic carbocycles. The molecule has 2 fully saturated rings. The van der Waals surface area contributed by atoms with Gasteiger partial charge in [-0.1, -0.05) is 30.3 Å². The van der Waals surface area contributed by atoms with Crippen molar-refractivity contribution in [1.82, 2.24) is 9.78 Å². The molecule has 1 spiro atoms. The molecule has 8 heteroatoms. The van der Waals surface area contributed by atoms with Crippen LogP contribution in [0.25, 0.3) is 5.69 Å². The standard InChI is InChI=1S/C24H23FN4O3/c25-19-8-4-5-9-20(19)29-15-12-21(27-29)26-22(30)17-10-13-24(14-11-17)16-28(23(31)32-24)18-6-2-1-3-7-18/h1-9,12,15,17H,10-11,13-14,16H2,(H,26,27,30). The minimum absolute atomic E-state index is 0.122. The Balaban J connectivity index is 1.20. The number of benzene rings is 2. The van der Waals surface area contributed by atoms with Crippen LogP contribution >= 0.6 is 0 Å². The number of carbonyl (C=O) groups is 2. The summed E-state index contributed by atoms with van der Waals surface area (Å²) >= 11 is 0. The van der Waals surface area contributed by atoms with E-state index in [9.17, 15) is 14.0 Å². The van der Waals surface area contributed by atoms with Crippen molar-refractivity contribution in [1.29, 1.82) is 0 Å². The fraction of sp³-hybridized carbons (Fsp3) is 0.292. The first-order chi connectivity index (χ1) is 15.5. The lowest BCUT2D eigenvalue weighted by atomic mass is 9.78. The summed E-state index contributed by atoms with van der Waals surface area (Å²) in [6, 6.07) is 17.4. The predicted molar refractivity (Wildman–Crippen MR) is 117 cm³/mol. The first-order valence-electron chi connectivity index (χ1n) is 10.7. The van der Waals surface area contributed by atoms with Gasteiger partial charge >= 0.3 is 6.09 Å². The number of hydrogen-bond donors (Lipinski definition) is 1. The molecule has 0 radical (unpaired) electrons. The van der Waals surface area contributed by atoms with Crippen LogP contribution in [0, 0.1) is 11.7 Å². The molecule has 2 aliphatic rings. The summed E-state index contributed by atoms with van der Waals surface area (Å²) in [5, 5.41) is 7.10. The van der Waals surface area contributed by atoms with Crippen molar-refractivity contribution in [2.75, 3.05) is 16.8 Å². The average molecular weight is 434 g/mol. The minimum Gasteiger partial charge on any atom is -0.441 e. The quantitative estimate of drug-likeness (QED) is 0.654. The van der Waals surface area contributed by atoms with Gasteiger partial charge in [0, 0.05) is 23.9 Å². The van der Waals surface area contributed by atoms with E-state index in [1.54, 1.807) is 35.4 Å². The fourth-order valence-electron chi connectivity index (χ4n) is 4.49. The molecule has 1 N–H and O–H groups in total. The van der Waals surface area contributed by atoms with Gasteiger partial charge in [0.05, 0.1) is 6.54 Å². The molecule has 3 aromatic rings. The minimum atomic E-state index is -0.546. The number of nitrogens with one attached hydrogen (secondary N) is 1. The number of rotatable bonds is 4. The second-order valence-electron chi connectivity index (χ2n) is 8.33. The van der Waals surface area contributed by atoms with Crippen molar-refractivity contribution < 1.29 is 18.7 Å². The number of nitrogens with zero attached hydrogens (tertiary/aromatic N) is 3. The Kier molecular flexibility index (Phi) is 5.13. The summed E-state index contributed by atoms with van der Waals surface area (Å²) < 4.78 is 21.1. The monoisotopic (exact) mass is 434 g/mol. The van der Waals surface area contributed by atoms with Gasteiger partial charge in [-0.05, 0) is 49.9 Å². The van der Waals surface area contributed by atoms with E-state index in [4.69, 9.17) is 4.74 Å². The molecule has 7 nitrogen and oxygen atoms in total. The van der Waals surface area contributed by atoms with Gasteiger partial charge < -0.3 is 10.1 Å². The normalized spacial score (nSPS) is 22.7. The SMILES string of the molecule is O=C(Nc1ccn(-c2ccccc2F)n1)C1CCC2(CC1)CN(c1ccccc1)C(=O)O2. The molecular weight excluding hydrogens is 411 g/mol. The fourth-order valence-corrected chi connectivity index (χ4v) is 4.49. The van der Waals surface area contributed by atoms with Crippen LogP contribution in [0.2, 0.25) is 0 Å². The third kappa shape index (κ3) is 3.84. The maximum Gasteiger partial charge on any atom is 0.415 e. The third-order valence-electron chi connectivity index (χ3n) is 6.25. The van der Waals surface area contributed by atoms with Crippen LogP contribution < -0.4 is 10.2 Å². The highest BCUT2D eigenvalue weighted by Gasteiger charge is 2.48. The summed E-state index contributed by atoms with van der Waals surface area (Å²) in [6.45, 7) is 0.497. The van der Waals surface area contributed by atoms with Crippen LogP contribution in [0.3, 0.4) is 0 Å². The molecule has 1 aliphatic heterocycles. The second-order valence-corrected chi connectivity index (χ2v) is 8.33. The topological polar surface area (TPSA) is 76.5 Å². The van der Waals surface area contributed by atoms with Gasteiger partial charge in [0.15, 0.2) is 5.82 Å². The summed E-state index contributed by atoms with van der Waals surface area (Å²) in [5.41, 5.74) is 0.592. The van der Waals surface area contributed by atoms with Crippen molar-refractivity contribution in [3.63, 3.8) is 0 Å². The van der Waals surface area contributed by atoms with E-state index in [1.807, 2.05) is 30.3 Å². The molecule has 2 amide bonds.